The first-order valence-corrected chi connectivity index (χ1v) is 6.20. The minimum atomic E-state index is -0.832. The maximum Gasteiger partial charge on any atom is 0.317 e. The maximum atomic E-state index is 12.1. The fourth-order valence-electron chi connectivity index (χ4n) is 1.88. The molecule has 1 aliphatic rings. The first-order chi connectivity index (χ1) is 8.21. The van der Waals surface area contributed by atoms with Crippen LogP contribution in [0.2, 0.25) is 0 Å². The molecule has 0 unspecified atom stereocenters. The molecular weight excluding hydrogens is 234 g/mol. The zero-order chi connectivity index (χ0) is 13.9. The van der Waals surface area contributed by atoms with Gasteiger partial charge in [-0.05, 0) is 5.41 Å². The Morgan fingerprint density at radius 1 is 1.22 bits per heavy atom. The van der Waals surface area contributed by atoms with Crippen LogP contribution in [0.4, 0.5) is 0 Å². The summed E-state index contributed by atoms with van der Waals surface area (Å²) in [4.78, 5) is 26.3. The van der Waals surface area contributed by atoms with E-state index in [0.717, 1.165) is 0 Å². The lowest BCUT2D eigenvalue weighted by Crippen LogP contribution is -2.56. The van der Waals surface area contributed by atoms with Crippen LogP contribution >= 0.6 is 0 Å². The van der Waals surface area contributed by atoms with E-state index in [1.807, 2.05) is 25.7 Å². The van der Waals surface area contributed by atoms with Crippen LogP contribution in [0.25, 0.3) is 0 Å². The third kappa shape index (κ3) is 3.96. The largest absolute Gasteiger partial charge is 0.480 e. The van der Waals surface area contributed by atoms with Gasteiger partial charge in [0.15, 0.2) is 0 Å². The second-order valence-electron chi connectivity index (χ2n) is 5.84. The molecular formula is C12H23N3O3. The van der Waals surface area contributed by atoms with Crippen molar-refractivity contribution in [1.82, 2.24) is 9.80 Å². The summed E-state index contributed by atoms with van der Waals surface area (Å²) in [6.45, 7) is 8.14. The second-order valence-corrected chi connectivity index (χ2v) is 5.84. The number of carbonyl (C=O) groups excluding carboxylic acids is 1. The Morgan fingerprint density at radius 2 is 1.72 bits per heavy atom. The number of carbonyl (C=O) groups is 2. The van der Waals surface area contributed by atoms with Gasteiger partial charge in [0.05, 0.1) is 12.6 Å². The SMILES string of the molecule is CC(C)(C)[C@@H](N)C(=O)N1CCN(CC(=O)O)CC1. The Bertz CT molecular complexity index is 317. The van der Waals surface area contributed by atoms with Crippen molar-refractivity contribution >= 4 is 11.9 Å². The molecule has 0 aromatic rings. The monoisotopic (exact) mass is 257 g/mol. The molecule has 1 fully saturated rings. The van der Waals surface area contributed by atoms with Crippen LogP contribution in [-0.4, -0.2) is 65.5 Å². The number of aliphatic carboxylic acids is 1. The summed E-state index contributed by atoms with van der Waals surface area (Å²) in [5.41, 5.74) is 5.69. The summed E-state index contributed by atoms with van der Waals surface area (Å²) in [6.07, 6.45) is 0. The van der Waals surface area contributed by atoms with E-state index in [2.05, 4.69) is 0 Å². The number of carboxylic acid groups (broad SMARTS) is 1. The van der Waals surface area contributed by atoms with Gasteiger partial charge in [0.1, 0.15) is 0 Å². The Balaban J connectivity index is 2.48. The van der Waals surface area contributed by atoms with E-state index < -0.39 is 12.0 Å². The predicted octanol–water partition coefficient (Wildman–Crippen LogP) is -0.411. The number of carboxylic acids is 1. The number of hydrogen-bond acceptors (Lipinski definition) is 4. The zero-order valence-electron chi connectivity index (χ0n) is 11.3. The Morgan fingerprint density at radius 3 is 2.11 bits per heavy atom. The van der Waals surface area contributed by atoms with E-state index in [1.165, 1.54) is 0 Å². The van der Waals surface area contributed by atoms with Gasteiger partial charge in [-0.15, -0.1) is 0 Å². The summed E-state index contributed by atoms with van der Waals surface area (Å²) in [6, 6.07) is -0.511. The first kappa shape index (κ1) is 14.9. The van der Waals surface area contributed by atoms with Crippen molar-refractivity contribution in [2.75, 3.05) is 32.7 Å². The molecule has 0 aromatic heterocycles. The molecule has 0 spiro atoms. The molecule has 104 valence electrons. The summed E-state index contributed by atoms with van der Waals surface area (Å²) >= 11 is 0. The molecule has 0 saturated carbocycles. The van der Waals surface area contributed by atoms with Crippen LogP contribution in [0, 0.1) is 5.41 Å². The number of piperazine rings is 1. The molecule has 1 heterocycles. The van der Waals surface area contributed by atoms with Crippen molar-refractivity contribution in [3.63, 3.8) is 0 Å². The van der Waals surface area contributed by atoms with Gasteiger partial charge in [-0.1, -0.05) is 20.8 Å². The third-order valence-electron chi connectivity index (χ3n) is 3.24. The lowest BCUT2D eigenvalue weighted by molar-refractivity contribution is -0.140. The van der Waals surface area contributed by atoms with Gasteiger partial charge in [0, 0.05) is 26.2 Å². The fourth-order valence-corrected chi connectivity index (χ4v) is 1.88. The molecule has 0 aliphatic carbocycles. The van der Waals surface area contributed by atoms with Crippen molar-refractivity contribution in [3.05, 3.63) is 0 Å². The number of amides is 1. The van der Waals surface area contributed by atoms with E-state index in [-0.39, 0.29) is 17.9 Å². The van der Waals surface area contributed by atoms with Crippen molar-refractivity contribution in [3.8, 4) is 0 Å². The predicted molar refractivity (Wildman–Crippen MR) is 68.1 cm³/mol. The lowest BCUT2D eigenvalue weighted by atomic mass is 9.86. The molecule has 3 N–H and O–H groups in total. The van der Waals surface area contributed by atoms with Gasteiger partial charge in [-0.25, -0.2) is 0 Å². The van der Waals surface area contributed by atoms with Crippen molar-refractivity contribution in [2.24, 2.45) is 11.1 Å². The molecule has 1 saturated heterocycles. The number of hydrogen-bond donors (Lipinski definition) is 2. The summed E-state index contributed by atoms with van der Waals surface area (Å²) in [5.74, 6) is -0.876. The summed E-state index contributed by atoms with van der Waals surface area (Å²) < 4.78 is 0. The minimum absolute atomic E-state index is 0.0351. The molecule has 1 atom stereocenters. The molecule has 0 aromatic carbocycles. The van der Waals surface area contributed by atoms with Crippen LogP contribution in [0.15, 0.2) is 0 Å². The second kappa shape index (κ2) is 5.67. The standard InChI is InChI=1S/C12H23N3O3/c1-12(2,3)10(13)11(18)15-6-4-14(5-7-15)8-9(16)17/h10H,4-8,13H2,1-3H3,(H,16,17)/t10-/m0/s1. The minimum Gasteiger partial charge on any atom is -0.480 e. The van der Waals surface area contributed by atoms with Crippen molar-refractivity contribution < 1.29 is 14.7 Å². The summed E-state index contributed by atoms with van der Waals surface area (Å²) in [7, 11) is 0. The van der Waals surface area contributed by atoms with Gasteiger partial charge in [-0.3, -0.25) is 14.5 Å². The van der Waals surface area contributed by atoms with E-state index in [0.29, 0.717) is 26.2 Å². The normalized spacial score (nSPS) is 19.7. The lowest BCUT2D eigenvalue weighted by Gasteiger charge is -2.37. The molecule has 6 nitrogen and oxygen atoms in total. The van der Waals surface area contributed by atoms with Crippen molar-refractivity contribution in [1.29, 1.82) is 0 Å². The zero-order valence-corrected chi connectivity index (χ0v) is 11.3. The van der Waals surface area contributed by atoms with Crippen LogP contribution in [-0.2, 0) is 9.59 Å². The van der Waals surface area contributed by atoms with Crippen LogP contribution in [0.1, 0.15) is 20.8 Å². The van der Waals surface area contributed by atoms with E-state index >= 15 is 0 Å². The van der Waals surface area contributed by atoms with Gasteiger partial charge >= 0.3 is 5.97 Å². The number of nitrogens with two attached hydrogens (primary N) is 1. The van der Waals surface area contributed by atoms with Crippen LogP contribution in [0.5, 0.6) is 0 Å². The smallest absolute Gasteiger partial charge is 0.317 e. The van der Waals surface area contributed by atoms with Crippen LogP contribution in [0.3, 0.4) is 0 Å². The molecule has 0 radical (unpaired) electrons. The average Bonchev–Trinajstić information content (AvgIpc) is 2.26. The quantitative estimate of drug-likeness (QED) is 0.717. The van der Waals surface area contributed by atoms with E-state index in [1.54, 1.807) is 4.90 Å². The highest BCUT2D eigenvalue weighted by Gasteiger charge is 2.32. The summed E-state index contributed by atoms with van der Waals surface area (Å²) in [5, 5.41) is 8.69. The highest BCUT2D eigenvalue weighted by molar-refractivity contribution is 5.82. The van der Waals surface area contributed by atoms with Gasteiger partial charge < -0.3 is 15.7 Å². The fraction of sp³-hybridized carbons (Fsp3) is 0.833. The Kier molecular flexibility index (Phi) is 4.70. The van der Waals surface area contributed by atoms with Gasteiger partial charge in [0.2, 0.25) is 5.91 Å². The Hall–Kier alpha value is -1.14. The molecule has 1 amide bonds. The molecule has 1 aliphatic heterocycles. The Labute approximate surface area is 108 Å². The molecule has 1 rings (SSSR count). The molecule has 18 heavy (non-hydrogen) atoms. The highest BCUT2D eigenvalue weighted by atomic mass is 16.4. The van der Waals surface area contributed by atoms with Gasteiger partial charge in [-0.2, -0.15) is 0 Å². The average molecular weight is 257 g/mol. The third-order valence-corrected chi connectivity index (χ3v) is 3.24. The first-order valence-electron chi connectivity index (χ1n) is 6.20. The molecule has 6 heteroatoms. The van der Waals surface area contributed by atoms with Crippen molar-refractivity contribution in [2.45, 2.75) is 26.8 Å². The highest BCUT2D eigenvalue weighted by Crippen LogP contribution is 2.19. The molecule has 0 bridgehead atoms. The van der Waals surface area contributed by atoms with E-state index in [9.17, 15) is 9.59 Å². The van der Waals surface area contributed by atoms with E-state index in [4.69, 9.17) is 10.8 Å². The topological polar surface area (TPSA) is 86.9 Å². The maximum absolute atomic E-state index is 12.1. The van der Waals surface area contributed by atoms with Crippen LogP contribution < -0.4 is 5.73 Å². The number of nitrogens with zero attached hydrogens (tertiary/aromatic N) is 2. The number of rotatable bonds is 3. The van der Waals surface area contributed by atoms with Gasteiger partial charge in [0.25, 0.3) is 0 Å².